The van der Waals surface area contributed by atoms with Crippen molar-refractivity contribution in [2.24, 2.45) is 11.3 Å². The largest absolute Gasteiger partial charge is 0.323 e. The zero-order valence-electron chi connectivity index (χ0n) is 11.8. The standard InChI is InChI=1S/C15H21ClN2O/c1-10-8-12(13(16)17-9-10)18-14(19)11-6-4-5-7-15(11,2)3/h8-9,11H,4-7H2,1-3H3,(H,18,19). The van der Waals surface area contributed by atoms with Crippen LogP contribution in [0.3, 0.4) is 0 Å². The van der Waals surface area contributed by atoms with Crippen LogP contribution >= 0.6 is 11.6 Å². The molecule has 0 saturated heterocycles. The average Bonchev–Trinajstić information content (AvgIpc) is 2.33. The lowest BCUT2D eigenvalue weighted by Crippen LogP contribution is -2.37. The number of rotatable bonds is 2. The van der Waals surface area contributed by atoms with E-state index in [1.54, 1.807) is 6.20 Å². The number of aromatic nitrogens is 1. The fraction of sp³-hybridized carbons (Fsp3) is 0.600. The van der Waals surface area contributed by atoms with E-state index in [0.717, 1.165) is 24.8 Å². The Morgan fingerprint density at radius 3 is 2.89 bits per heavy atom. The lowest BCUT2D eigenvalue weighted by molar-refractivity contribution is -0.124. The average molecular weight is 281 g/mol. The number of carbonyl (C=O) groups excluding carboxylic acids is 1. The van der Waals surface area contributed by atoms with E-state index in [0.29, 0.717) is 10.8 Å². The second-order valence-electron chi connectivity index (χ2n) is 6.13. The Morgan fingerprint density at radius 1 is 1.47 bits per heavy atom. The van der Waals surface area contributed by atoms with E-state index in [1.165, 1.54) is 6.42 Å². The molecule has 1 aliphatic rings. The Hall–Kier alpha value is -1.09. The second kappa shape index (κ2) is 5.49. The summed E-state index contributed by atoms with van der Waals surface area (Å²) in [6, 6.07) is 1.86. The fourth-order valence-corrected chi connectivity index (χ4v) is 2.99. The summed E-state index contributed by atoms with van der Waals surface area (Å²) in [6.45, 7) is 6.28. The first-order valence-corrected chi connectivity index (χ1v) is 7.21. The number of pyridine rings is 1. The molecule has 0 spiro atoms. The lowest BCUT2D eigenvalue weighted by atomic mass is 9.68. The van der Waals surface area contributed by atoms with Gasteiger partial charge in [0, 0.05) is 12.1 Å². The molecular weight excluding hydrogens is 260 g/mol. The number of amides is 1. The van der Waals surface area contributed by atoms with E-state index in [9.17, 15) is 4.79 Å². The molecule has 3 nitrogen and oxygen atoms in total. The van der Waals surface area contributed by atoms with Gasteiger partial charge in [0.05, 0.1) is 5.69 Å². The van der Waals surface area contributed by atoms with Crippen molar-refractivity contribution in [3.8, 4) is 0 Å². The summed E-state index contributed by atoms with van der Waals surface area (Å²) in [5.74, 6) is 0.122. The molecule has 104 valence electrons. The molecule has 1 saturated carbocycles. The quantitative estimate of drug-likeness (QED) is 0.825. The lowest BCUT2D eigenvalue weighted by Gasteiger charge is -2.37. The first-order valence-electron chi connectivity index (χ1n) is 6.83. The normalized spacial score (nSPS) is 22.0. The van der Waals surface area contributed by atoms with E-state index >= 15 is 0 Å². The first kappa shape index (κ1) is 14.3. The smallest absolute Gasteiger partial charge is 0.228 e. The van der Waals surface area contributed by atoms with Crippen molar-refractivity contribution in [2.45, 2.75) is 46.5 Å². The van der Waals surface area contributed by atoms with Gasteiger partial charge in [-0.15, -0.1) is 0 Å². The molecule has 0 aromatic carbocycles. The van der Waals surface area contributed by atoms with Crippen molar-refractivity contribution in [2.75, 3.05) is 5.32 Å². The van der Waals surface area contributed by atoms with E-state index < -0.39 is 0 Å². The molecule has 1 amide bonds. The third-order valence-corrected chi connectivity index (χ3v) is 4.36. The van der Waals surface area contributed by atoms with E-state index in [4.69, 9.17) is 11.6 Å². The Kier molecular flexibility index (Phi) is 4.14. The molecule has 0 aliphatic heterocycles. The van der Waals surface area contributed by atoms with Crippen LogP contribution in [0, 0.1) is 18.3 Å². The van der Waals surface area contributed by atoms with Gasteiger partial charge in [0.2, 0.25) is 5.91 Å². The maximum atomic E-state index is 12.4. The van der Waals surface area contributed by atoms with Gasteiger partial charge in [-0.2, -0.15) is 0 Å². The van der Waals surface area contributed by atoms with Crippen LogP contribution in [-0.2, 0) is 4.79 Å². The number of hydrogen-bond acceptors (Lipinski definition) is 2. The fourth-order valence-electron chi connectivity index (χ4n) is 2.84. The van der Waals surface area contributed by atoms with Crippen LogP contribution in [0.1, 0.15) is 45.1 Å². The number of nitrogens with zero attached hydrogens (tertiary/aromatic N) is 1. The van der Waals surface area contributed by atoms with Gasteiger partial charge in [0.15, 0.2) is 5.15 Å². The van der Waals surface area contributed by atoms with Gasteiger partial charge >= 0.3 is 0 Å². The molecule has 1 aliphatic carbocycles. The number of aryl methyl sites for hydroxylation is 1. The monoisotopic (exact) mass is 280 g/mol. The van der Waals surface area contributed by atoms with Crippen LogP contribution in [0.25, 0.3) is 0 Å². The Labute approximate surface area is 119 Å². The second-order valence-corrected chi connectivity index (χ2v) is 6.49. The highest BCUT2D eigenvalue weighted by atomic mass is 35.5. The highest BCUT2D eigenvalue weighted by Gasteiger charge is 2.37. The summed E-state index contributed by atoms with van der Waals surface area (Å²) in [6.07, 6.45) is 6.09. The van der Waals surface area contributed by atoms with Crippen molar-refractivity contribution in [3.05, 3.63) is 23.0 Å². The van der Waals surface area contributed by atoms with Gasteiger partial charge in [0.25, 0.3) is 0 Å². The molecule has 4 heteroatoms. The van der Waals surface area contributed by atoms with Gasteiger partial charge < -0.3 is 5.32 Å². The highest BCUT2D eigenvalue weighted by Crippen LogP contribution is 2.41. The SMILES string of the molecule is Cc1cnc(Cl)c(NC(=O)C2CCCCC2(C)C)c1. The van der Waals surface area contributed by atoms with Crippen LogP contribution in [0.5, 0.6) is 0 Å². The van der Waals surface area contributed by atoms with Gasteiger partial charge in [-0.05, 0) is 36.8 Å². The minimum atomic E-state index is 0.0535. The minimum Gasteiger partial charge on any atom is -0.323 e. The molecule has 1 heterocycles. The molecule has 1 aromatic rings. The summed E-state index contributed by atoms with van der Waals surface area (Å²) < 4.78 is 0. The zero-order chi connectivity index (χ0) is 14.0. The van der Waals surface area contributed by atoms with Crippen molar-refractivity contribution in [1.82, 2.24) is 4.98 Å². The first-order chi connectivity index (χ1) is 8.90. The Balaban J connectivity index is 2.14. The maximum absolute atomic E-state index is 12.4. The van der Waals surface area contributed by atoms with E-state index in [-0.39, 0.29) is 17.2 Å². The van der Waals surface area contributed by atoms with E-state index in [2.05, 4.69) is 24.1 Å². The summed E-state index contributed by atoms with van der Waals surface area (Å²) in [4.78, 5) is 16.5. The molecule has 1 unspecified atom stereocenters. The third-order valence-electron chi connectivity index (χ3n) is 4.06. The van der Waals surface area contributed by atoms with Crippen molar-refractivity contribution >= 4 is 23.2 Å². The predicted molar refractivity (Wildman–Crippen MR) is 78.4 cm³/mol. The molecule has 1 atom stereocenters. The van der Waals surface area contributed by atoms with Crippen molar-refractivity contribution < 1.29 is 4.79 Å². The van der Waals surface area contributed by atoms with Crippen LogP contribution in [0.4, 0.5) is 5.69 Å². The molecule has 2 rings (SSSR count). The van der Waals surface area contributed by atoms with Crippen molar-refractivity contribution in [3.63, 3.8) is 0 Å². The third kappa shape index (κ3) is 3.27. The predicted octanol–water partition coefficient (Wildman–Crippen LogP) is 4.20. The topological polar surface area (TPSA) is 42.0 Å². The molecular formula is C15H21ClN2O. The molecule has 19 heavy (non-hydrogen) atoms. The summed E-state index contributed by atoms with van der Waals surface area (Å²) in [5.41, 5.74) is 1.67. The molecule has 1 fully saturated rings. The van der Waals surface area contributed by atoms with Crippen LogP contribution < -0.4 is 5.32 Å². The Morgan fingerprint density at radius 2 is 2.21 bits per heavy atom. The molecule has 0 radical (unpaired) electrons. The van der Waals surface area contributed by atoms with E-state index in [1.807, 2.05) is 13.0 Å². The summed E-state index contributed by atoms with van der Waals surface area (Å²) in [7, 11) is 0. The number of hydrogen-bond donors (Lipinski definition) is 1. The van der Waals surface area contributed by atoms with Gasteiger partial charge in [0.1, 0.15) is 0 Å². The molecule has 1 N–H and O–H groups in total. The van der Waals surface area contributed by atoms with Gasteiger partial charge in [-0.3, -0.25) is 4.79 Å². The summed E-state index contributed by atoms with van der Waals surface area (Å²) in [5, 5.41) is 3.30. The molecule has 1 aromatic heterocycles. The number of nitrogens with one attached hydrogen (secondary N) is 1. The number of anilines is 1. The van der Waals surface area contributed by atoms with Gasteiger partial charge in [-0.25, -0.2) is 4.98 Å². The summed E-state index contributed by atoms with van der Waals surface area (Å²) >= 11 is 6.02. The molecule has 0 bridgehead atoms. The number of carbonyl (C=O) groups is 1. The number of halogens is 1. The van der Waals surface area contributed by atoms with Crippen LogP contribution in [-0.4, -0.2) is 10.9 Å². The Bertz CT molecular complexity index is 485. The highest BCUT2D eigenvalue weighted by molar-refractivity contribution is 6.32. The van der Waals surface area contributed by atoms with Crippen molar-refractivity contribution in [1.29, 1.82) is 0 Å². The van der Waals surface area contributed by atoms with Crippen LogP contribution in [0.15, 0.2) is 12.3 Å². The van der Waals surface area contributed by atoms with Crippen LogP contribution in [0.2, 0.25) is 5.15 Å². The maximum Gasteiger partial charge on any atom is 0.228 e. The zero-order valence-corrected chi connectivity index (χ0v) is 12.5. The van der Waals surface area contributed by atoms with Gasteiger partial charge in [-0.1, -0.05) is 38.3 Å². The minimum absolute atomic E-state index is 0.0535.